The molecule has 1 aliphatic rings. The Morgan fingerprint density at radius 3 is 2.65 bits per heavy atom. The van der Waals surface area contributed by atoms with Crippen LogP contribution < -0.4 is 16.1 Å². The van der Waals surface area contributed by atoms with Crippen molar-refractivity contribution in [1.82, 2.24) is 19.1 Å². The quantitative estimate of drug-likeness (QED) is 0.876. The Morgan fingerprint density at radius 2 is 2.00 bits per heavy atom. The predicted molar refractivity (Wildman–Crippen MR) is 88.1 cm³/mol. The Kier molecular flexibility index (Phi) is 4.25. The van der Waals surface area contributed by atoms with Crippen molar-refractivity contribution in [1.29, 1.82) is 0 Å². The summed E-state index contributed by atoms with van der Waals surface area (Å²) in [5.74, 6) is 1.45. The standard InChI is InChI=1S/C15H23N5O3/c1-10-4-6-19(7-5-10)14-16-12-11(20(14)8-9-23-3)13(21)17-15(22)18(12)2/h10H,4-9H2,1-3H3,(H,17,21,22). The molecule has 2 aromatic heterocycles. The van der Waals surface area contributed by atoms with Gasteiger partial charge in [0.2, 0.25) is 5.95 Å². The molecule has 23 heavy (non-hydrogen) atoms. The number of imidazole rings is 1. The number of anilines is 1. The fraction of sp³-hybridized carbons (Fsp3) is 0.667. The molecule has 0 unspecified atom stereocenters. The SMILES string of the molecule is COCCn1c(N2CCC(C)CC2)nc2c1c(=O)[nH]c(=O)n2C. The molecular formula is C15H23N5O3. The number of nitrogens with zero attached hydrogens (tertiary/aromatic N) is 4. The number of piperidine rings is 1. The highest BCUT2D eigenvalue weighted by Crippen LogP contribution is 2.24. The summed E-state index contributed by atoms with van der Waals surface area (Å²) in [6.45, 7) is 5.06. The number of aryl methyl sites for hydroxylation is 1. The number of fused-ring (bicyclic) bond motifs is 1. The van der Waals surface area contributed by atoms with E-state index in [1.54, 1.807) is 14.2 Å². The number of H-pyrrole nitrogens is 1. The van der Waals surface area contributed by atoms with E-state index in [1.807, 2.05) is 4.57 Å². The second kappa shape index (κ2) is 6.19. The van der Waals surface area contributed by atoms with E-state index in [1.165, 1.54) is 4.57 Å². The summed E-state index contributed by atoms with van der Waals surface area (Å²) in [6, 6.07) is 0. The molecule has 0 spiro atoms. The maximum Gasteiger partial charge on any atom is 0.329 e. The van der Waals surface area contributed by atoms with Gasteiger partial charge in [-0.15, -0.1) is 0 Å². The van der Waals surface area contributed by atoms with Gasteiger partial charge in [-0.3, -0.25) is 14.3 Å². The zero-order valence-corrected chi connectivity index (χ0v) is 13.8. The van der Waals surface area contributed by atoms with Gasteiger partial charge in [0.1, 0.15) is 0 Å². The Bertz CT molecular complexity index is 811. The number of hydrogen-bond acceptors (Lipinski definition) is 5. The van der Waals surface area contributed by atoms with Crippen molar-refractivity contribution in [3.8, 4) is 0 Å². The topological polar surface area (TPSA) is 85.2 Å². The minimum atomic E-state index is -0.447. The highest BCUT2D eigenvalue weighted by Gasteiger charge is 2.24. The van der Waals surface area contributed by atoms with Gasteiger partial charge < -0.3 is 14.2 Å². The predicted octanol–water partition coefficient (Wildman–Crippen LogP) is 0.306. The minimum Gasteiger partial charge on any atom is -0.383 e. The normalized spacial score (nSPS) is 16.4. The number of aromatic amines is 1. The van der Waals surface area contributed by atoms with Crippen LogP contribution in [0.5, 0.6) is 0 Å². The summed E-state index contributed by atoms with van der Waals surface area (Å²) in [5.41, 5.74) is 0.00212. The number of ether oxygens (including phenoxy) is 1. The van der Waals surface area contributed by atoms with Crippen LogP contribution >= 0.6 is 0 Å². The van der Waals surface area contributed by atoms with Crippen LogP contribution in [0, 0.1) is 5.92 Å². The van der Waals surface area contributed by atoms with E-state index < -0.39 is 11.2 Å². The van der Waals surface area contributed by atoms with Crippen LogP contribution in [0.3, 0.4) is 0 Å². The molecule has 1 N–H and O–H groups in total. The van der Waals surface area contributed by atoms with E-state index in [9.17, 15) is 9.59 Å². The summed E-state index contributed by atoms with van der Waals surface area (Å²) < 4.78 is 8.42. The van der Waals surface area contributed by atoms with Crippen molar-refractivity contribution in [2.75, 3.05) is 31.7 Å². The van der Waals surface area contributed by atoms with Crippen LogP contribution in [0.25, 0.3) is 11.2 Å². The lowest BCUT2D eigenvalue weighted by Gasteiger charge is -2.31. The van der Waals surface area contributed by atoms with E-state index in [4.69, 9.17) is 4.74 Å². The number of rotatable bonds is 4. The van der Waals surface area contributed by atoms with E-state index in [0.29, 0.717) is 30.2 Å². The molecule has 0 saturated carbocycles. The molecule has 0 atom stereocenters. The van der Waals surface area contributed by atoms with Crippen molar-refractivity contribution < 1.29 is 4.74 Å². The lowest BCUT2D eigenvalue weighted by atomic mass is 10.00. The second-order valence-electron chi connectivity index (χ2n) is 6.22. The molecule has 0 amide bonds. The molecule has 8 heteroatoms. The summed E-state index contributed by atoms with van der Waals surface area (Å²) in [6.07, 6.45) is 2.20. The first-order valence-electron chi connectivity index (χ1n) is 7.96. The summed E-state index contributed by atoms with van der Waals surface area (Å²) in [5, 5.41) is 0. The summed E-state index contributed by atoms with van der Waals surface area (Å²) >= 11 is 0. The third-order valence-corrected chi connectivity index (χ3v) is 4.57. The van der Waals surface area contributed by atoms with Gasteiger partial charge in [0.15, 0.2) is 11.2 Å². The Hall–Kier alpha value is -2.09. The fourth-order valence-corrected chi connectivity index (χ4v) is 3.07. The molecule has 1 aliphatic heterocycles. The first kappa shape index (κ1) is 15.8. The molecule has 126 valence electrons. The highest BCUT2D eigenvalue weighted by molar-refractivity contribution is 5.74. The lowest BCUT2D eigenvalue weighted by molar-refractivity contribution is 0.188. The van der Waals surface area contributed by atoms with Gasteiger partial charge in [0.05, 0.1) is 6.61 Å². The van der Waals surface area contributed by atoms with Gasteiger partial charge in [0, 0.05) is 33.8 Å². The molecule has 2 aromatic rings. The number of nitrogens with one attached hydrogen (secondary N) is 1. The van der Waals surface area contributed by atoms with Crippen molar-refractivity contribution in [2.45, 2.75) is 26.3 Å². The molecule has 1 fully saturated rings. The first-order valence-corrected chi connectivity index (χ1v) is 7.96. The molecule has 0 aromatic carbocycles. The van der Waals surface area contributed by atoms with Crippen LogP contribution in [-0.2, 0) is 18.3 Å². The molecule has 3 rings (SSSR count). The Labute approximate surface area is 133 Å². The van der Waals surface area contributed by atoms with Gasteiger partial charge in [-0.2, -0.15) is 4.98 Å². The average molecular weight is 321 g/mol. The summed E-state index contributed by atoms with van der Waals surface area (Å²) in [4.78, 5) is 33.3. The summed E-state index contributed by atoms with van der Waals surface area (Å²) in [7, 11) is 3.25. The number of aromatic nitrogens is 4. The zero-order chi connectivity index (χ0) is 16.6. The third kappa shape index (κ3) is 2.78. The maximum absolute atomic E-state index is 12.3. The number of methoxy groups -OCH3 is 1. The van der Waals surface area contributed by atoms with E-state index >= 15 is 0 Å². The molecule has 1 saturated heterocycles. The minimum absolute atomic E-state index is 0.400. The molecule has 0 aliphatic carbocycles. The second-order valence-corrected chi connectivity index (χ2v) is 6.22. The molecule has 3 heterocycles. The van der Waals surface area contributed by atoms with Gasteiger partial charge in [-0.1, -0.05) is 6.92 Å². The third-order valence-electron chi connectivity index (χ3n) is 4.57. The van der Waals surface area contributed by atoms with Crippen LogP contribution in [0.4, 0.5) is 5.95 Å². The van der Waals surface area contributed by atoms with Gasteiger partial charge in [-0.05, 0) is 18.8 Å². The van der Waals surface area contributed by atoms with Gasteiger partial charge in [0.25, 0.3) is 5.56 Å². The zero-order valence-electron chi connectivity index (χ0n) is 13.8. The Balaban J connectivity index is 2.16. The molecule has 8 nitrogen and oxygen atoms in total. The van der Waals surface area contributed by atoms with Crippen LogP contribution in [0.15, 0.2) is 9.59 Å². The number of hydrogen-bond donors (Lipinski definition) is 1. The fourth-order valence-electron chi connectivity index (χ4n) is 3.07. The van der Waals surface area contributed by atoms with Crippen LogP contribution in [-0.4, -0.2) is 45.9 Å². The van der Waals surface area contributed by atoms with Crippen molar-refractivity contribution in [3.63, 3.8) is 0 Å². The first-order chi connectivity index (χ1) is 11.0. The van der Waals surface area contributed by atoms with Gasteiger partial charge >= 0.3 is 5.69 Å². The molecular weight excluding hydrogens is 298 g/mol. The van der Waals surface area contributed by atoms with E-state index in [0.717, 1.165) is 31.9 Å². The monoisotopic (exact) mass is 321 g/mol. The van der Waals surface area contributed by atoms with E-state index in [-0.39, 0.29) is 0 Å². The largest absolute Gasteiger partial charge is 0.383 e. The van der Waals surface area contributed by atoms with Crippen molar-refractivity contribution in [2.24, 2.45) is 13.0 Å². The molecule has 0 bridgehead atoms. The van der Waals surface area contributed by atoms with Crippen molar-refractivity contribution in [3.05, 3.63) is 20.8 Å². The highest BCUT2D eigenvalue weighted by atomic mass is 16.5. The van der Waals surface area contributed by atoms with Gasteiger partial charge in [-0.25, -0.2) is 4.79 Å². The maximum atomic E-state index is 12.3. The van der Waals surface area contributed by atoms with E-state index in [2.05, 4.69) is 21.8 Å². The average Bonchev–Trinajstić information content (AvgIpc) is 2.91. The lowest BCUT2D eigenvalue weighted by Crippen LogP contribution is -2.35. The smallest absolute Gasteiger partial charge is 0.329 e. The Morgan fingerprint density at radius 1 is 1.30 bits per heavy atom. The van der Waals surface area contributed by atoms with Crippen LogP contribution in [0.1, 0.15) is 19.8 Å². The molecule has 0 radical (unpaired) electrons. The van der Waals surface area contributed by atoms with Crippen LogP contribution in [0.2, 0.25) is 0 Å². The van der Waals surface area contributed by atoms with Crippen molar-refractivity contribution >= 4 is 17.1 Å².